The minimum Gasteiger partial charge on any atom is -0.493 e. The van der Waals surface area contributed by atoms with Crippen molar-refractivity contribution >= 4 is 0 Å². The number of aliphatic hydroxyl groups is 1. The summed E-state index contributed by atoms with van der Waals surface area (Å²) in [5.74, 6) is 2.35. The van der Waals surface area contributed by atoms with E-state index in [0.717, 1.165) is 19.5 Å². The number of fused-ring (bicyclic) bond motifs is 1. The molecule has 0 spiro atoms. The molecule has 0 saturated carbocycles. The van der Waals surface area contributed by atoms with E-state index in [9.17, 15) is 0 Å². The van der Waals surface area contributed by atoms with Gasteiger partial charge in [0.1, 0.15) is 5.75 Å². The van der Waals surface area contributed by atoms with Crippen LogP contribution in [-0.2, 0) is 0 Å². The smallest absolute Gasteiger partial charge is 0.122 e. The van der Waals surface area contributed by atoms with Crippen molar-refractivity contribution in [2.45, 2.75) is 19.8 Å². The molecule has 0 fully saturated rings. The molecule has 2 rings (SSSR count). The molecule has 0 amide bonds. The molecular weight excluding hydrogens is 176 g/mol. The largest absolute Gasteiger partial charge is 0.493 e. The fraction of sp³-hybridized carbons (Fsp3) is 0.500. The molecule has 0 bridgehead atoms. The van der Waals surface area contributed by atoms with Gasteiger partial charge in [-0.25, -0.2) is 0 Å². The maximum Gasteiger partial charge on any atom is 0.122 e. The van der Waals surface area contributed by atoms with Crippen molar-refractivity contribution in [1.82, 2.24) is 0 Å². The minimum atomic E-state index is 0.634. The van der Waals surface area contributed by atoms with Gasteiger partial charge < -0.3 is 9.84 Å². The van der Waals surface area contributed by atoms with Gasteiger partial charge in [-0.05, 0) is 23.5 Å². The zero-order valence-electron chi connectivity index (χ0n) is 9.03. The number of ether oxygens (including phenoxy) is 1. The maximum atomic E-state index is 7.00. The van der Waals surface area contributed by atoms with E-state index in [4.69, 9.17) is 9.84 Å². The molecule has 14 heavy (non-hydrogen) atoms. The van der Waals surface area contributed by atoms with Crippen molar-refractivity contribution in [3.8, 4) is 5.75 Å². The van der Waals surface area contributed by atoms with Crippen molar-refractivity contribution in [2.24, 2.45) is 5.92 Å². The molecule has 2 nitrogen and oxygen atoms in total. The Labute approximate surface area is 85.5 Å². The molecule has 2 unspecified atom stereocenters. The van der Waals surface area contributed by atoms with Crippen LogP contribution in [0.1, 0.15) is 25.3 Å². The Bertz CT molecular complexity index is 283. The lowest BCUT2D eigenvalue weighted by atomic mass is 9.87. The molecule has 0 aromatic heterocycles. The van der Waals surface area contributed by atoms with Gasteiger partial charge >= 0.3 is 0 Å². The van der Waals surface area contributed by atoms with Crippen LogP contribution in [0.25, 0.3) is 0 Å². The minimum absolute atomic E-state index is 0.634. The average Bonchev–Trinajstić information content (AvgIpc) is 2.27. The summed E-state index contributed by atoms with van der Waals surface area (Å²) in [4.78, 5) is 0. The van der Waals surface area contributed by atoms with Crippen LogP contribution in [0.2, 0.25) is 0 Å². The van der Waals surface area contributed by atoms with E-state index in [1.807, 2.05) is 6.07 Å². The first-order valence-electron chi connectivity index (χ1n) is 4.95. The third kappa shape index (κ3) is 2.07. The van der Waals surface area contributed by atoms with Crippen molar-refractivity contribution in [3.63, 3.8) is 0 Å². The Morgan fingerprint density at radius 3 is 2.57 bits per heavy atom. The van der Waals surface area contributed by atoms with Crippen molar-refractivity contribution < 1.29 is 9.84 Å². The molecule has 1 aromatic carbocycles. The zero-order chi connectivity index (χ0) is 10.6. The number of para-hydroxylation sites is 1. The number of rotatable bonds is 0. The molecule has 0 saturated heterocycles. The van der Waals surface area contributed by atoms with Gasteiger partial charge in [-0.3, -0.25) is 0 Å². The van der Waals surface area contributed by atoms with E-state index in [2.05, 4.69) is 32.0 Å². The van der Waals surface area contributed by atoms with Gasteiger partial charge in [0.25, 0.3) is 0 Å². The molecule has 78 valence electrons. The van der Waals surface area contributed by atoms with Gasteiger partial charge in [0.2, 0.25) is 0 Å². The van der Waals surface area contributed by atoms with Crippen LogP contribution in [0.4, 0.5) is 0 Å². The van der Waals surface area contributed by atoms with Crippen LogP contribution in [0.15, 0.2) is 24.3 Å². The van der Waals surface area contributed by atoms with Crippen LogP contribution in [0, 0.1) is 5.92 Å². The van der Waals surface area contributed by atoms with E-state index in [-0.39, 0.29) is 0 Å². The molecule has 1 aromatic rings. The SMILES string of the molecule is CC1COc2ccccc2C1C.CO. The zero-order valence-corrected chi connectivity index (χ0v) is 9.03. The molecule has 1 heterocycles. The summed E-state index contributed by atoms with van der Waals surface area (Å²) in [5, 5.41) is 7.00. The highest BCUT2D eigenvalue weighted by molar-refractivity contribution is 5.37. The van der Waals surface area contributed by atoms with Crippen LogP contribution < -0.4 is 4.74 Å². The second kappa shape index (κ2) is 5.01. The van der Waals surface area contributed by atoms with Gasteiger partial charge in [0, 0.05) is 7.11 Å². The highest BCUT2D eigenvalue weighted by Crippen LogP contribution is 2.35. The Kier molecular flexibility index (Phi) is 3.96. The van der Waals surface area contributed by atoms with Gasteiger partial charge in [0.15, 0.2) is 0 Å². The summed E-state index contributed by atoms with van der Waals surface area (Å²) in [6, 6.07) is 8.33. The Morgan fingerprint density at radius 2 is 1.86 bits per heavy atom. The van der Waals surface area contributed by atoms with Crippen LogP contribution in [-0.4, -0.2) is 18.8 Å². The van der Waals surface area contributed by atoms with Crippen molar-refractivity contribution in [2.75, 3.05) is 13.7 Å². The molecule has 1 aliphatic rings. The van der Waals surface area contributed by atoms with Gasteiger partial charge in [-0.1, -0.05) is 32.0 Å². The molecule has 0 radical (unpaired) electrons. The van der Waals surface area contributed by atoms with E-state index in [0.29, 0.717) is 11.8 Å². The molecule has 1 N–H and O–H groups in total. The first-order valence-corrected chi connectivity index (χ1v) is 4.95. The number of hydrogen-bond acceptors (Lipinski definition) is 2. The fourth-order valence-electron chi connectivity index (χ4n) is 1.66. The molecule has 1 aliphatic heterocycles. The summed E-state index contributed by atoms with van der Waals surface area (Å²) in [6.45, 7) is 5.37. The lowest BCUT2D eigenvalue weighted by Gasteiger charge is -2.28. The van der Waals surface area contributed by atoms with E-state index >= 15 is 0 Å². The van der Waals surface area contributed by atoms with Gasteiger partial charge in [-0.15, -0.1) is 0 Å². The topological polar surface area (TPSA) is 29.5 Å². The Morgan fingerprint density at radius 1 is 1.21 bits per heavy atom. The van der Waals surface area contributed by atoms with Crippen LogP contribution >= 0.6 is 0 Å². The summed E-state index contributed by atoms with van der Waals surface area (Å²) < 4.78 is 5.61. The fourth-order valence-corrected chi connectivity index (χ4v) is 1.66. The highest BCUT2D eigenvalue weighted by atomic mass is 16.5. The second-order valence-corrected chi connectivity index (χ2v) is 3.61. The lowest BCUT2D eigenvalue weighted by molar-refractivity contribution is 0.211. The molecule has 2 atom stereocenters. The third-order valence-corrected chi connectivity index (χ3v) is 2.76. The van der Waals surface area contributed by atoms with Crippen LogP contribution in [0.3, 0.4) is 0 Å². The lowest BCUT2D eigenvalue weighted by Crippen LogP contribution is -2.21. The standard InChI is InChI=1S/C11H14O.CH4O/c1-8-7-12-11-6-4-3-5-10(11)9(8)2;1-2/h3-6,8-9H,7H2,1-2H3;2H,1H3. The summed E-state index contributed by atoms with van der Waals surface area (Å²) >= 11 is 0. The first-order chi connectivity index (χ1) is 6.79. The van der Waals surface area contributed by atoms with E-state index < -0.39 is 0 Å². The second-order valence-electron chi connectivity index (χ2n) is 3.61. The van der Waals surface area contributed by atoms with Crippen LogP contribution in [0.5, 0.6) is 5.75 Å². The summed E-state index contributed by atoms with van der Waals surface area (Å²) in [5.41, 5.74) is 1.36. The van der Waals surface area contributed by atoms with Crippen molar-refractivity contribution in [3.05, 3.63) is 29.8 Å². The molecular formula is C12H18O2. The Balaban J connectivity index is 0.000000461. The normalized spacial score (nSPS) is 24.0. The maximum absolute atomic E-state index is 7.00. The third-order valence-electron chi connectivity index (χ3n) is 2.76. The van der Waals surface area contributed by atoms with Gasteiger partial charge in [0.05, 0.1) is 6.61 Å². The number of hydrogen-bond donors (Lipinski definition) is 1. The van der Waals surface area contributed by atoms with Crippen molar-refractivity contribution in [1.29, 1.82) is 0 Å². The van der Waals surface area contributed by atoms with Gasteiger partial charge in [-0.2, -0.15) is 0 Å². The number of aliphatic hydroxyl groups excluding tert-OH is 1. The van der Waals surface area contributed by atoms with E-state index in [1.165, 1.54) is 5.56 Å². The average molecular weight is 194 g/mol. The van der Waals surface area contributed by atoms with E-state index in [1.54, 1.807) is 0 Å². The summed E-state index contributed by atoms with van der Waals surface area (Å²) in [7, 11) is 1.00. The number of benzene rings is 1. The molecule has 0 aliphatic carbocycles. The predicted molar refractivity (Wildman–Crippen MR) is 57.7 cm³/mol. The monoisotopic (exact) mass is 194 g/mol. The molecule has 2 heteroatoms. The quantitative estimate of drug-likeness (QED) is 0.687. The Hall–Kier alpha value is -1.02. The predicted octanol–water partition coefficient (Wildman–Crippen LogP) is 2.43. The first kappa shape index (κ1) is 11.1. The highest BCUT2D eigenvalue weighted by Gasteiger charge is 2.23. The summed E-state index contributed by atoms with van der Waals surface area (Å²) in [6.07, 6.45) is 0.